The van der Waals surface area contributed by atoms with Gasteiger partial charge in [-0.1, -0.05) is 11.8 Å². The highest BCUT2D eigenvalue weighted by atomic mass is 32.2. The summed E-state index contributed by atoms with van der Waals surface area (Å²) in [6.45, 7) is 1.98. The minimum absolute atomic E-state index is 0.339. The molecule has 1 aliphatic carbocycles. The van der Waals surface area contributed by atoms with Crippen LogP contribution in [-0.2, 0) is 11.3 Å². The predicted molar refractivity (Wildman–Crippen MR) is 59.1 cm³/mol. The van der Waals surface area contributed by atoms with Crippen molar-refractivity contribution in [3.8, 4) is 0 Å². The molecule has 88 valence electrons. The van der Waals surface area contributed by atoms with Gasteiger partial charge in [-0.15, -0.1) is 10.2 Å². The van der Waals surface area contributed by atoms with E-state index in [-0.39, 0.29) is 0 Å². The monoisotopic (exact) mass is 242 g/mol. The number of hydrogen-bond donors (Lipinski definition) is 2. The Hall–Kier alpha value is -1.08. The molecule has 1 unspecified atom stereocenters. The zero-order chi connectivity index (χ0) is 11.7. The van der Waals surface area contributed by atoms with Crippen LogP contribution in [0.15, 0.2) is 5.16 Å². The van der Waals surface area contributed by atoms with Gasteiger partial charge in [0.15, 0.2) is 5.16 Å². The lowest BCUT2D eigenvalue weighted by Crippen LogP contribution is -2.14. The number of nitrogens with zero attached hydrogens (tertiary/aromatic N) is 3. The van der Waals surface area contributed by atoms with Gasteiger partial charge in [0.05, 0.1) is 6.54 Å². The summed E-state index contributed by atoms with van der Waals surface area (Å²) in [5, 5.41) is 17.0. The highest BCUT2D eigenvalue weighted by Crippen LogP contribution is 2.39. The Labute approximate surface area is 97.2 Å². The number of rotatable bonds is 5. The number of hydrogen-bond acceptors (Lipinski definition) is 5. The molecule has 1 heterocycles. The second-order valence-electron chi connectivity index (χ2n) is 3.80. The molecule has 0 aromatic carbocycles. The van der Waals surface area contributed by atoms with Gasteiger partial charge in [-0.05, 0) is 19.8 Å². The first kappa shape index (κ1) is 11.4. The fourth-order valence-electron chi connectivity index (χ4n) is 1.43. The quantitative estimate of drug-likeness (QED) is 0.736. The number of aliphatic carboxylic acids is 1. The van der Waals surface area contributed by atoms with Crippen molar-refractivity contribution in [3.63, 3.8) is 0 Å². The fraction of sp³-hybridized carbons (Fsp3) is 0.667. The summed E-state index contributed by atoms with van der Waals surface area (Å²) >= 11 is 1.22. The van der Waals surface area contributed by atoms with Gasteiger partial charge < -0.3 is 15.4 Å². The SMILES string of the molecule is CC(Sc1nnc(CN)n1C1CC1)C(=O)O. The second kappa shape index (κ2) is 4.42. The average molecular weight is 242 g/mol. The molecule has 3 N–H and O–H groups in total. The van der Waals surface area contributed by atoms with E-state index in [4.69, 9.17) is 10.8 Å². The van der Waals surface area contributed by atoms with Gasteiger partial charge >= 0.3 is 5.97 Å². The lowest BCUT2D eigenvalue weighted by molar-refractivity contribution is -0.136. The minimum Gasteiger partial charge on any atom is -0.480 e. The normalized spacial score (nSPS) is 17.4. The van der Waals surface area contributed by atoms with E-state index in [1.807, 2.05) is 4.57 Å². The molecule has 0 spiro atoms. The van der Waals surface area contributed by atoms with Crippen molar-refractivity contribution >= 4 is 17.7 Å². The number of thioether (sulfide) groups is 1. The molecule has 0 amide bonds. The molecule has 1 aromatic rings. The number of carboxylic acid groups (broad SMARTS) is 1. The van der Waals surface area contributed by atoms with Crippen molar-refractivity contribution in [1.82, 2.24) is 14.8 Å². The zero-order valence-corrected chi connectivity index (χ0v) is 9.78. The molecule has 1 aromatic heterocycles. The molecule has 0 bridgehead atoms. The van der Waals surface area contributed by atoms with Crippen LogP contribution in [-0.4, -0.2) is 31.1 Å². The van der Waals surface area contributed by atoms with E-state index in [0.29, 0.717) is 17.7 Å². The third-order valence-corrected chi connectivity index (χ3v) is 3.50. The van der Waals surface area contributed by atoms with Gasteiger partial charge in [0.25, 0.3) is 0 Å². The largest absolute Gasteiger partial charge is 0.480 e. The van der Waals surface area contributed by atoms with E-state index in [0.717, 1.165) is 18.7 Å². The van der Waals surface area contributed by atoms with E-state index in [2.05, 4.69) is 10.2 Å². The molecule has 0 saturated heterocycles. The maximum Gasteiger partial charge on any atom is 0.316 e. The minimum atomic E-state index is -0.843. The summed E-state index contributed by atoms with van der Waals surface area (Å²) in [7, 11) is 0. The third-order valence-electron chi connectivity index (χ3n) is 2.46. The molecule has 1 aliphatic rings. The van der Waals surface area contributed by atoms with Crippen molar-refractivity contribution in [2.75, 3.05) is 0 Å². The Balaban J connectivity index is 2.20. The van der Waals surface area contributed by atoms with E-state index in [1.165, 1.54) is 11.8 Å². The lowest BCUT2D eigenvalue weighted by Gasteiger charge is -2.09. The van der Waals surface area contributed by atoms with Crippen molar-refractivity contribution in [2.45, 2.75) is 42.8 Å². The van der Waals surface area contributed by atoms with Gasteiger partial charge in [0, 0.05) is 6.04 Å². The van der Waals surface area contributed by atoms with E-state index in [9.17, 15) is 4.79 Å². The Morgan fingerprint density at radius 1 is 1.69 bits per heavy atom. The standard InChI is InChI=1S/C9H14N4O2S/c1-5(8(14)15)16-9-12-11-7(4-10)13(9)6-2-3-6/h5-6H,2-4,10H2,1H3,(H,14,15). The summed E-state index contributed by atoms with van der Waals surface area (Å²) in [5.41, 5.74) is 5.57. The van der Waals surface area contributed by atoms with Gasteiger partial charge in [-0.25, -0.2) is 0 Å². The van der Waals surface area contributed by atoms with Crippen molar-refractivity contribution < 1.29 is 9.90 Å². The highest BCUT2D eigenvalue weighted by Gasteiger charge is 2.30. The summed E-state index contributed by atoms with van der Waals surface area (Å²) in [6, 6.07) is 0.414. The van der Waals surface area contributed by atoms with Crippen LogP contribution in [0.2, 0.25) is 0 Å². The number of nitrogens with two attached hydrogens (primary N) is 1. The molecular formula is C9H14N4O2S. The van der Waals surface area contributed by atoms with E-state index < -0.39 is 11.2 Å². The maximum absolute atomic E-state index is 10.8. The van der Waals surface area contributed by atoms with Crippen LogP contribution in [0.3, 0.4) is 0 Å². The second-order valence-corrected chi connectivity index (χ2v) is 5.11. The third kappa shape index (κ3) is 2.19. The molecular weight excluding hydrogens is 228 g/mol. The first-order valence-corrected chi connectivity index (χ1v) is 6.04. The van der Waals surface area contributed by atoms with Crippen LogP contribution in [0.25, 0.3) is 0 Å². The Morgan fingerprint density at radius 2 is 2.38 bits per heavy atom. The molecule has 0 aliphatic heterocycles. The highest BCUT2D eigenvalue weighted by molar-refractivity contribution is 8.00. The number of aromatic nitrogens is 3. The van der Waals surface area contributed by atoms with Crippen LogP contribution in [0, 0.1) is 0 Å². The molecule has 1 fully saturated rings. The van der Waals surface area contributed by atoms with E-state index >= 15 is 0 Å². The Morgan fingerprint density at radius 3 is 2.88 bits per heavy atom. The van der Waals surface area contributed by atoms with Crippen LogP contribution in [0.5, 0.6) is 0 Å². The summed E-state index contributed by atoms with van der Waals surface area (Å²) in [6.07, 6.45) is 2.19. The summed E-state index contributed by atoms with van der Waals surface area (Å²) < 4.78 is 1.98. The molecule has 16 heavy (non-hydrogen) atoms. The first-order valence-electron chi connectivity index (χ1n) is 5.16. The van der Waals surface area contributed by atoms with Crippen LogP contribution < -0.4 is 5.73 Å². The molecule has 1 atom stereocenters. The van der Waals surface area contributed by atoms with Gasteiger partial charge in [-0.2, -0.15) is 0 Å². The molecule has 0 radical (unpaired) electrons. The van der Waals surface area contributed by atoms with Crippen LogP contribution >= 0.6 is 11.8 Å². The number of carbonyl (C=O) groups is 1. The van der Waals surface area contributed by atoms with Gasteiger partial charge in [0.1, 0.15) is 11.1 Å². The fourth-order valence-corrected chi connectivity index (χ4v) is 2.31. The van der Waals surface area contributed by atoms with Crippen molar-refractivity contribution in [1.29, 1.82) is 0 Å². The Kier molecular flexibility index (Phi) is 3.15. The summed E-state index contributed by atoms with van der Waals surface area (Å²) in [5.74, 6) is -0.104. The number of carboxylic acids is 1. The summed E-state index contributed by atoms with van der Waals surface area (Å²) in [4.78, 5) is 10.8. The predicted octanol–water partition coefficient (Wildman–Crippen LogP) is 0.637. The zero-order valence-electron chi connectivity index (χ0n) is 8.96. The average Bonchev–Trinajstić information content (AvgIpc) is 3.00. The molecule has 6 nitrogen and oxygen atoms in total. The van der Waals surface area contributed by atoms with Crippen molar-refractivity contribution in [3.05, 3.63) is 5.82 Å². The van der Waals surface area contributed by atoms with Crippen molar-refractivity contribution in [2.24, 2.45) is 5.73 Å². The molecule has 7 heteroatoms. The van der Waals surface area contributed by atoms with E-state index in [1.54, 1.807) is 6.92 Å². The smallest absolute Gasteiger partial charge is 0.316 e. The topological polar surface area (TPSA) is 94.0 Å². The van der Waals surface area contributed by atoms with Crippen LogP contribution in [0.1, 0.15) is 31.6 Å². The van der Waals surface area contributed by atoms with Gasteiger partial charge in [-0.3, -0.25) is 4.79 Å². The molecule has 1 saturated carbocycles. The van der Waals surface area contributed by atoms with Crippen LogP contribution in [0.4, 0.5) is 0 Å². The first-order chi connectivity index (χ1) is 7.63. The Bertz CT molecular complexity index is 402. The maximum atomic E-state index is 10.8. The lowest BCUT2D eigenvalue weighted by atomic mass is 10.5. The molecule has 2 rings (SSSR count). The van der Waals surface area contributed by atoms with Gasteiger partial charge in [0.2, 0.25) is 0 Å².